The molecule has 0 saturated heterocycles. The quantitative estimate of drug-likeness (QED) is 0.726. The van der Waals surface area contributed by atoms with E-state index in [1.807, 2.05) is 17.0 Å². The van der Waals surface area contributed by atoms with Gasteiger partial charge >= 0.3 is 0 Å². The highest BCUT2D eigenvalue weighted by Gasteiger charge is 2.09. The lowest BCUT2D eigenvalue weighted by atomic mass is 10.5. The van der Waals surface area contributed by atoms with Crippen LogP contribution in [0, 0.1) is 0 Å². The van der Waals surface area contributed by atoms with Gasteiger partial charge in [-0.2, -0.15) is 0 Å². The van der Waals surface area contributed by atoms with E-state index < -0.39 is 0 Å². The number of hydrogen-bond acceptors (Lipinski definition) is 7. The lowest BCUT2D eigenvalue weighted by molar-refractivity contribution is 0.726. The van der Waals surface area contributed by atoms with E-state index in [-0.39, 0.29) is 0 Å². The zero-order valence-electron chi connectivity index (χ0n) is 10.3. The molecule has 0 aliphatic heterocycles. The zero-order chi connectivity index (χ0) is 13.1. The first-order chi connectivity index (χ1) is 9.36. The number of thiazole rings is 1. The molecule has 0 atom stereocenters. The minimum Gasteiger partial charge on any atom is -0.367 e. The molecule has 0 aliphatic rings. The van der Waals surface area contributed by atoms with Crippen molar-refractivity contribution in [2.45, 2.75) is 10.9 Å². The van der Waals surface area contributed by atoms with Crippen molar-refractivity contribution in [3.63, 3.8) is 0 Å². The van der Waals surface area contributed by atoms with Crippen LogP contribution in [0.25, 0.3) is 10.3 Å². The molecule has 6 nitrogen and oxygen atoms in total. The summed E-state index contributed by atoms with van der Waals surface area (Å²) in [6.45, 7) is 1.63. The fourth-order valence-electron chi connectivity index (χ4n) is 1.67. The second-order valence-electron chi connectivity index (χ2n) is 3.79. The summed E-state index contributed by atoms with van der Waals surface area (Å²) < 4.78 is 4.04. The summed E-state index contributed by atoms with van der Waals surface area (Å²) in [6, 6.07) is 0. The minimum absolute atomic E-state index is 0.759. The first-order valence-electron chi connectivity index (χ1n) is 5.72. The van der Waals surface area contributed by atoms with Gasteiger partial charge < -0.3 is 9.88 Å². The first-order valence-corrected chi connectivity index (χ1v) is 7.76. The summed E-state index contributed by atoms with van der Waals surface area (Å²) in [5.74, 6) is 0.850. The molecule has 0 spiro atoms. The predicted octanol–water partition coefficient (Wildman–Crippen LogP) is 2.12. The Morgan fingerprint density at radius 2 is 2.37 bits per heavy atom. The lowest BCUT2D eigenvalue weighted by Crippen LogP contribution is -2.10. The third-order valence-electron chi connectivity index (χ3n) is 2.57. The van der Waals surface area contributed by atoms with E-state index in [0.717, 1.165) is 33.6 Å². The van der Waals surface area contributed by atoms with Crippen molar-refractivity contribution in [1.29, 1.82) is 0 Å². The Kier molecular flexibility index (Phi) is 3.60. The van der Waals surface area contributed by atoms with Gasteiger partial charge in [-0.3, -0.25) is 0 Å². The van der Waals surface area contributed by atoms with Crippen LogP contribution in [0.15, 0.2) is 29.4 Å². The van der Waals surface area contributed by atoms with Gasteiger partial charge in [-0.05, 0) is 6.26 Å². The summed E-state index contributed by atoms with van der Waals surface area (Å²) in [4.78, 5) is 16.9. The van der Waals surface area contributed by atoms with Gasteiger partial charge in [-0.25, -0.2) is 19.9 Å². The normalized spacial score (nSPS) is 11.0. The largest absolute Gasteiger partial charge is 0.367 e. The Hall–Kier alpha value is -1.67. The van der Waals surface area contributed by atoms with Crippen LogP contribution in [-0.2, 0) is 6.54 Å². The van der Waals surface area contributed by atoms with Crippen LogP contribution >= 0.6 is 23.1 Å². The van der Waals surface area contributed by atoms with Crippen LogP contribution in [-0.4, -0.2) is 37.3 Å². The first kappa shape index (κ1) is 12.4. The van der Waals surface area contributed by atoms with Crippen LogP contribution in [0.2, 0.25) is 0 Å². The zero-order valence-corrected chi connectivity index (χ0v) is 11.9. The third kappa shape index (κ3) is 2.69. The Labute approximate surface area is 118 Å². The number of nitrogens with one attached hydrogen (secondary N) is 1. The van der Waals surface area contributed by atoms with E-state index >= 15 is 0 Å². The van der Waals surface area contributed by atoms with Gasteiger partial charge in [0.25, 0.3) is 0 Å². The fraction of sp³-hybridized carbons (Fsp3) is 0.273. The van der Waals surface area contributed by atoms with Crippen LogP contribution in [0.5, 0.6) is 0 Å². The standard InChI is InChI=1S/C11H12N6S2/c1-18-11-16-10-8(19-11)9(14-6-15-10)13-3-5-17-4-2-12-7-17/h2,4,6-7H,3,5H2,1H3,(H,13,14,15). The molecule has 98 valence electrons. The molecule has 3 heterocycles. The number of rotatable bonds is 5. The maximum atomic E-state index is 4.43. The number of fused-ring (bicyclic) bond motifs is 1. The van der Waals surface area contributed by atoms with Crippen LogP contribution in [0.4, 0.5) is 5.82 Å². The summed E-state index contributed by atoms with van der Waals surface area (Å²) in [6.07, 6.45) is 9.07. The van der Waals surface area contributed by atoms with E-state index in [9.17, 15) is 0 Å². The van der Waals surface area contributed by atoms with Crippen molar-refractivity contribution in [3.05, 3.63) is 25.0 Å². The molecule has 0 aromatic carbocycles. The Morgan fingerprint density at radius 3 is 3.16 bits per heavy atom. The number of hydrogen-bond donors (Lipinski definition) is 1. The van der Waals surface area contributed by atoms with Crippen molar-refractivity contribution in [1.82, 2.24) is 24.5 Å². The Morgan fingerprint density at radius 1 is 1.42 bits per heavy atom. The van der Waals surface area contributed by atoms with Gasteiger partial charge in [0.1, 0.15) is 16.8 Å². The summed E-state index contributed by atoms with van der Waals surface area (Å²) in [5, 5.41) is 3.32. The SMILES string of the molecule is CSc1nc2ncnc(NCCn3ccnc3)c2s1. The molecule has 8 heteroatoms. The smallest absolute Gasteiger partial charge is 0.176 e. The van der Waals surface area contributed by atoms with E-state index in [1.54, 1.807) is 42.0 Å². The highest BCUT2D eigenvalue weighted by molar-refractivity contribution is 8.00. The second-order valence-corrected chi connectivity index (χ2v) is 5.84. The molecular weight excluding hydrogens is 280 g/mol. The van der Waals surface area contributed by atoms with Gasteiger partial charge in [-0.1, -0.05) is 11.8 Å². The lowest BCUT2D eigenvalue weighted by Gasteiger charge is -2.05. The average molecular weight is 292 g/mol. The topological polar surface area (TPSA) is 68.5 Å². The molecule has 0 aliphatic carbocycles. The molecular formula is C11H12N6S2. The van der Waals surface area contributed by atoms with E-state index in [2.05, 4.69) is 25.3 Å². The van der Waals surface area contributed by atoms with E-state index in [1.165, 1.54) is 0 Å². The van der Waals surface area contributed by atoms with Crippen molar-refractivity contribution in [2.75, 3.05) is 18.1 Å². The highest BCUT2D eigenvalue weighted by atomic mass is 32.2. The predicted molar refractivity (Wildman–Crippen MR) is 77.7 cm³/mol. The van der Waals surface area contributed by atoms with E-state index in [4.69, 9.17) is 0 Å². The van der Waals surface area contributed by atoms with Crippen molar-refractivity contribution >= 4 is 39.3 Å². The van der Waals surface area contributed by atoms with Gasteiger partial charge in [-0.15, -0.1) is 11.3 Å². The molecule has 0 unspecified atom stereocenters. The van der Waals surface area contributed by atoms with Gasteiger partial charge in [0.05, 0.1) is 6.33 Å². The number of anilines is 1. The van der Waals surface area contributed by atoms with Crippen molar-refractivity contribution < 1.29 is 0 Å². The molecule has 3 aromatic rings. The van der Waals surface area contributed by atoms with Crippen LogP contribution in [0.3, 0.4) is 0 Å². The second kappa shape index (κ2) is 5.54. The summed E-state index contributed by atoms with van der Waals surface area (Å²) in [5.41, 5.74) is 0.759. The molecule has 19 heavy (non-hydrogen) atoms. The van der Waals surface area contributed by atoms with Crippen LogP contribution < -0.4 is 5.32 Å². The van der Waals surface area contributed by atoms with Crippen molar-refractivity contribution in [2.24, 2.45) is 0 Å². The monoisotopic (exact) mass is 292 g/mol. The Bertz CT molecular complexity index is 663. The number of aromatic nitrogens is 5. The van der Waals surface area contributed by atoms with Gasteiger partial charge in [0.2, 0.25) is 0 Å². The summed E-state index contributed by atoms with van der Waals surface area (Å²) in [7, 11) is 0. The molecule has 0 amide bonds. The highest BCUT2D eigenvalue weighted by Crippen LogP contribution is 2.30. The van der Waals surface area contributed by atoms with Crippen LogP contribution in [0.1, 0.15) is 0 Å². The maximum absolute atomic E-state index is 4.43. The maximum Gasteiger partial charge on any atom is 0.176 e. The number of thioether (sulfide) groups is 1. The average Bonchev–Trinajstić information content (AvgIpc) is 3.07. The van der Waals surface area contributed by atoms with Gasteiger partial charge in [0.15, 0.2) is 9.99 Å². The fourth-order valence-corrected chi connectivity index (χ4v) is 3.15. The molecule has 3 aromatic heterocycles. The molecule has 3 rings (SSSR count). The summed E-state index contributed by atoms with van der Waals surface area (Å²) >= 11 is 3.24. The molecule has 1 N–H and O–H groups in total. The van der Waals surface area contributed by atoms with E-state index in [0.29, 0.717) is 0 Å². The molecule has 0 saturated carbocycles. The third-order valence-corrected chi connectivity index (χ3v) is 4.60. The number of nitrogens with zero attached hydrogens (tertiary/aromatic N) is 5. The molecule has 0 radical (unpaired) electrons. The number of imidazole rings is 1. The van der Waals surface area contributed by atoms with Gasteiger partial charge in [0, 0.05) is 25.5 Å². The van der Waals surface area contributed by atoms with Crippen molar-refractivity contribution in [3.8, 4) is 0 Å². The minimum atomic E-state index is 0.759. The Balaban J connectivity index is 1.75. The molecule has 0 bridgehead atoms. The molecule has 0 fully saturated rings.